The summed E-state index contributed by atoms with van der Waals surface area (Å²) >= 11 is 5.82. The van der Waals surface area contributed by atoms with E-state index in [1.165, 1.54) is 6.07 Å². The van der Waals surface area contributed by atoms with Gasteiger partial charge in [0.2, 0.25) is 0 Å². The number of aromatic nitrogens is 2. The summed E-state index contributed by atoms with van der Waals surface area (Å²) < 4.78 is 15.3. The second kappa shape index (κ2) is 6.52. The van der Waals surface area contributed by atoms with Crippen molar-refractivity contribution in [2.75, 3.05) is 6.54 Å². The number of hydrogen-bond acceptors (Lipinski definition) is 2. The Morgan fingerprint density at radius 3 is 3.06 bits per heavy atom. The molecule has 2 aromatic rings. The average Bonchev–Trinajstić information content (AvgIpc) is 2.86. The van der Waals surface area contributed by atoms with Crippen LogP contribution in [0, 0.1) is 5.82 Å². The fraction of sp³-hybridized carbons (Fsp3) is 0.308. The quantitative estimate of drug-likeness (QED) is 0.816. The van der Waals surface area contributed by atoms with E-state index in [4.69, 9.17) is 11.6 Å². The van der Waals surface area contributed by atoms with Crippen LogP contribution in [0.5, 0.6) is 0 Å². The second-order valence-electron chi connectivity index (χ2n) is 4.04. The zero-order chi connectivity index (χ0) is 12.8. The molecule has 0 aliphatic carbocycles. The Morgan fingerprint density at radius 1 is 1.39 bits per heavy atom. The Labute approximate surface area is 111 Å². The van der Waals surface area contributed by atoms with E-state index in [0.29, 0.717) is 17.1 Å². The van der Waals surface area contributed by atoms with Crippen molar-refractivity contribution in [1.82, 2.24) is 15.1 Å². The van der Waals surface area contributed by atoms with Gasteiger partial charge in [0, 0.05) is 36.1 Å². The van der Waals surface area contributed by atoms with Crippen LogP contribution in [0.1, 0.15) is 12.0 Å². The van der Waals surface area contributed by atoms with Crippen molar-refractivity contribution < 1.29 is 4.39 Å². The zero-order valence-corrected chi connectivity index (χ0v) is 10.7. The van der Waals surface area contributed by atoms with Gasteiger partial charge in [-0.3, -0.25) is 4.68 Å². The van der Waals surface area contributed by atoms with Crippen LogP contribution in [-0.4, -0.2) is 16.3 Å². The number of rotatable bonds is 6. The second-order valence-corrected chi connectivity index (χ2v) is 4.47. The summed E-state index contributed by atoms with van der Waals surface area (Å²) in [7, 11) is 0. The third-order valence-corrected chi connectivity index (χ3v) is 2.86. The van der Waals surface area contributed by atoms with Crippen molar-refractivity contribution in [1.29, 1.82) is 0 Å². The summed E-state index contributed by atoms with van der Waals surface area (Å²) in [6.45, 7) is 2.16. The highest BCUT2D eigenvalue weighted by atomic mass is 35.5. The number of aryl methyl sites for hydroxylation is 1. The predicted octanol–water partition coefficient (Wildman–Crippen LogP) is 2.86. The molecule has 0 atom stereocenters. The minimum Gasteiger partial charge on any atom is -0.312 e. The Kier molecular flexibility index (Phi) is 4.73. The van der Waals surface area contributed by atoms with Crippen molar-refractivity contribution >= 4 is 11.6 Å². The van der Waals surface area contributed by atoms with Crippen molar-refractivity contribution in [3.8, 4) is 0 Å². The van der Waals surface area contributed by atoms with Gasteiger partial charge in [0.05, 0.1) is 0 Å². The lowest BCUT2D eigenvalue weighted by Gasteiger charge is -2.06. The molecule has 96 valence electrons. The molecule has 0 spiro atoms. The van der Waals surface area contributed by atoms with Crippen LogP contribution in [0.15, 0.2) is 36.7 Å². The molecule has 1 heterocycles. The molecule has 1 N–H and O–H groups in total. The van der Waals surface area contributed by atoms with E-state index in [1.54, 1.807) is 18.3 Å². The molecular weight excluding hydrogens is 253 g/mol. The Balaban J connectivity index is 1.70. The number of benzene rings is 1. The van der Waals surface area contributed by atoms with Gasteiger partial charge in [-0.15, -0.1) is 0 Å². The largest absolute Gasteiger partial charge is 0.312 e. The fourth-order valence-electron chi connectivity index (χ4n) is 1.70. The lowest BCUT2D eigenvalue weighted by Crippen LogP contribution is -2.17. The standard InChI is InChI=1S/C13H15ClFN3/c14-12-3-4-13(15)11(9-12)10-16-5-1-7-18-8-2-6-17-18/h2-4,6,8-9,16H,1,5,7,10H2. The van der Waals surface area contributed by atoms with Gasteiger partial charge >= 0.3 is 0 Å². The number of halogens is 2. The van der Waals surface area contributed by atoms with Crippen molar-refractivity contribution in [3.05, 3.63) is 53.1 Å². The molecule has 3 nitrogen and oxygen atoms in total. The zero-order valence-electron chi connectivity index (χ0n) is 9.94. The average molecular weight is 268 g/mol. The molecule has 0 aliphatic rings. The Morgan fingerprint density at radius 2 is 2.28 bits per heavy atom. The van der Waals surface area contributed by atoms with Crippen molar-refractivity contribution in [2.24, 2.45) is 0 Å². The van der Waals surface area contributed by atoms with Gasteiger partial charge in [0.15, 0.2) is 0 Å². The minimum atomic E-state index is -0.223. The van der Waals surface area contributed by atoms with Gasteiger partial charge in [0.25, 0.3) is 0 Å². The first kappa shape index (κ1) is 13.1. The smallest absolute Gasteiger partial charge is 0.127 e. The van der Waals surface area contributed by atoms with Gasteiger partial charge in [-0.2, -0.15) is 5.10 Å². The molecule has 5 heteroatoms. The molecule has 0 amide bonds. The summed E-state index contributed by atoms with van der Waals surface area (Å²) in [6, 6.07) is 6.49. The first-order valence-corrected chi connectivity index (χ1v) is 6.25. The number of nitrogens with one attached hydrogen (secondary N) is 1. The van der Waals surface area contributed by atoms with Gasteiger partial charge < -0.3 is 5.32 Å². The summed E-state index contributed by atoms with van der Waals surface area (Å²) in [5, 5.41) is 7.86. The highest BCUT2D eigenvalue weighted by Gasteiger charge is 2.02. The lowest BCUT2D eigenvalue weighted by atomic mass is 10.2. The van der Waals surface area contributed by atoms with Crippen molar-refractivity contribution in [3.63, 3.8) is 0 Å². The predicted molar refractivity (Wildman–Crippen MR) is 70.0 cm³/mol. The lowest BCUT2D eigenvalue weighted by molar-refractivity contribution is 0.534. The molecule has 1 aromatic carbocycles. The third-order valence-electron chi connectivity index (χ3n) is 2.62. The maximum Gasteiger partial charge on any atom is 0.127 e. The van der Waals surface area contributed by atoms with E-state index in [9.17, 15) is 4.39 Å². The molecule has 0 fully saturated rings. The topological polar surface area (TPSA) is 29.9 Å². The van der Waals surface area contributed by atoms with Crippen LogP contribution in [0.25, 0.3) is 0 Å². The molecule has 0 bridgehead atoms. The van der Waals surface area contributed by atoms with Gasteiger partial charge in [-0.25, -0.2) is 4.39 Å². The first-order valence-electron chi connectivity index (χ1n) is 5.88. The maximum absolute atomic E-state index is 13.4. The summed E-state index contributed by atoms with van der Waals surface area (Å²) in [5.74, 6) is -0.223. The Bertz CT molecular complexity index is 485. The van der Waals surface area contributed by atoms with E-state index in [-0.39, 0.29) is 5.82 Å². The highest BCUT2D eigenvalue weighted by Crippen LogP contribution is 2.14. The highest BCUT2D eigenvalue weighted by molar-refractivity contribution is 6.30. The Hall–Kier alpha value is -1.39. The molecular formula is C13H15ClFN3. The minimum absolute atomic E-state index is 0.223. The van der Waals surface area contributed by atoms with Gasteiger partial charge in [0.1, 0.15) is 5.82 Å². The van der Waals surface area contributed by atoms with E-state index >= 15 is 0 Å². The van der Waals surface area contributed by atoms with Crippen LogP contribution in [0.4, 0.5) is 4.39 Å². The fourth-order valence-corrected chi connectivity index (χ4v) is 1.90. The van der Waals surface area contributed by atoms with Gasteiger partial charge in [-0.05, 0) is 37.2 Å². The van der Waals surface area contributed by atoms with Gasteiger partial charge in [-0.1, -0.05) is 11.6 Å². The van der Waals surface area contributed by atoms with Crippen LogP contribution in [0.3, 0.4) is 0 Å². The SMILES string of the molecule is Fc1ccc(Cl)cc1CNCCCn1cccn1. The van der Waals surface area contributed by atoms with E-state index in [2.05, 4.69) is 10.4 Å². The normalized spacial score (nSPS) is 10.8. The number of hydrogen-bond donors (Lipinski definition) is 1. The number of nitrogens with zero attached hydrogens (tertiary/aromatic N) is 2. The van der Waals surface area contributed by atoms with E-state index < -0.39 is 0 Å². The monoisotopic (exact) mass is 267 g/mol. The third kappa shape index (κ3) is 3.82. The van der Waals surface area contributed by atoms with Crippen LogP contribution >= 0.6 is 11.6 Å². The van der Waals surface area contributed by atoms with Crippen LogP contribution < -0.4 is 5.32 Å². The molecule has 0 aliphatic heterocycles. The molecule has 18 heavy (non-hydrogen) atoms. The van der Waals surface area contributed by atoms with E-state index in [1.807, 2.05) is 16.9 Å². The molecule has 0 saturated carbocycles. The molecule has 0 radical (unpaired) electrons. The van der Waals surface area contributed by atoms with Crippen LogP contribution in [0.2, 0.25) is 5.02 Å². The molecule has 2 rings (SSSR count). The summed E-state index contributed by atoms with van der Waals surface area (Å²) in [4.78, 5) is 0. The summed E-state index contributed by atoms with van der Waals surface area (Å²) in [5.41, 5.74) is 0.599. The molecule has 0 unspecified atom stereocenters. The first-order chi connectivity index (χ1) is 8.75. The van der Waals surface area contributed by atoms with Crippen molar-refractivity contribution in [2.45, 2.75) is 19.5 Å². The van der Waals surface area contributed by atoms with Crippen LogP contribution in [-0.2, 0) is 13.1 Å². The molecule has 1 aromatic heterocycles. The van der Waals surface area contributed by atoms with E-state index in [0.717, 1.165) is 19.5 Å². The molecule has 0 saturated heterocycles. The maximum atomic E-state index is 13.4. The summed E-state index contributed by atoms with van der Waals surface area (Å²) in [6.07, 6.45) is 4.63.